The van der Waals surface area contributed by atoms with Crippen LogP contribution in [0, 0.1) is 0 Å². The second-order valence-electron chi connectivity index (χ2n) is 7.18. The van der Waals surface area contributed by atoms with E-state index in [4.69, 9.17) is 16.6 Å². The zero-order chi connectivity index (χ0) is 19.6. The first-order chi connectivity index (χ1) is 13.6. The first-order valence-electron chi connectivity index (χ1n) is 9.52. The molecule has 4 N–H and O–H groups in total. The smallest absolute Gasteiger partial charge is 0.253 e. The summed E-state index contributed by atoms with van der Waals surface area (Å²) in [5.41, 5.74) is 3.09. The first-order valence-corrected chi connectivity index (χ1v) is 9.89. The molecule has 0 radical (unpaired) electrons. The van der Waals surface area contributed by atoms with Crippen LogP contribution in [0.15, 0.2) is 47.5 Å². The highest BCUT2D eigenvalue weighted by atomic mass is 35.5. The van der Waals surface area contributed by atoms with E-state index in [2.05, 4.69) is 21.3 Å². The average molecular weight is 398 g/mol. The SMILES string of the molecule is CNC(=O)c1cccc2c1NC1(CCNCC1)C(=NCc1cccc(Cl)c1)N2. The van der Waals surface area contributed by atoms with E-state index in [-0.39, 0.29) is 11.4 Å². The molecule has 0 aliphatic carbocycles. The van der Waals surface area contributed by atoms with Gasteiger partial charge >= 0.3 is 0 Å². The topological polar surface area (TPSA) is 77.6 Å². The van der Waals surface area contributed by atoms with E-state index >= 15 is 0 Å². The summed E-state index contributed by atoms with van der Waals surface area (Å²) in [4.78, 5) is 17.3. The van der Waals surface area contributed by atoms with Gasteiger partial charge in [-0.3, -0.25) is 9.79 Å². The maximum Gasteiger partial charge on any atom is 0.253 e. The lowest BCUT2D eigenvalue weighted by Crippen LogP contribution is -2.58. The lowest BCUT2D eigenvalue weighted by Gasteiger charge is -2.44. The molecule has 2 aliphatic rings. The van der Waals surface area contributed by atoms with Crippen molar-refractivity contribution in [2.24, 2.45) is 4.99 Å². The average Bonchev–Trinajstić information content (AvgIpc) is 2.72. The van der Waals surface area contributed by atoms with Crippen LogP contribution in [-0.4, -0.2) is 37.4 Å². The Morgan fingerprint density at radius 3 is 2.75 bits per heavy atom. The second kappa shape index (κ2) is 7.81. The summed E-state index contributed by atoms with van der Waals surface area (Å²) in [7, 11) is 1.65. The van der Waals surface area contributed by atoms with Gasteiger partial charge in [0.2, 0.25) is 0 Å². The van der Waals surface area contributed by atoms with Crippen molar-refractivity contribution in [2.45, 2.75) is 24.9 Å². The summed E-state index contributed by atoms with van der Waals surface area (Å²) in [6.45, 7) is 2.33. The molecule has 2 aromatic carbocycles. The number of amidine groups is 1. The zero-order valence-corrected chi connectivity index (χ0v) is 16.6. The van der Waals surface area contributed by atoms with Gasteiger partial charge in [0.15, 0.2) is 0 Å². The molecular formula is C21H24ClN5O. The maximum atomic E-state index is 12.3. The van der Waals surface area contributed by atoms with Crippen molar-refractivity contribution >= 4 is 34.7 Å². The largest absolute Gasteiger partial charge is 0.370 e. The number of rotatable bonds is 3. The first kappa shape index (κ1) is 18.8. The van der Waals surface area contributed by atoms with Crippen molar-refractivity contribution < 1.29 is 4.79 Å². The minimum absolute atomic E-state index is 0.102. The molecular weight excluding hydrogens is 374 g/mol. The van der Waals surface area contributed by atoms with Crippen molar-refractivity contribution in [2.75, 3.05) is 30.8 Å². The van der Waals surface area contributed by atoms with Crippen molar-refractivity contribution in [1.29, 1.82) is 0 Å². The highest BCUT2D eigenvalue weighted by molar-refractivity contribution is 6.30. The Bertz CT molecular complexity index is 921. The Balaban J connectivity index is 1.72. The molecule has 6 nitrogen and oxygen atoms in total. The number of nitrogens with zero attached hydrogens (tertiary/aromatic N) is 1. The molecule has 2 heterocycles. The van der Waals surface area contributed by atoms with E-state index in [0.717, 1.165) is 48.7 Å². The fraction of sp³-hybridized carbons (Fsp3) is 0.333. The summed E-state index contributed by atoms with van der Waals surface area (Å²) in [5.74, 6) is 0.810. The molecule has 4 rings (SSSR count). The third kappa shape index (κ3) is 3.57. The van der Waals surface area contributed by atoms with Crippen LogP contribution in [-0.2, 0) is 6.54 Å². The van der Waals surface area contributed by atoms with Crippen LogP contribution >= 0.6 is 11.6 Å². The molecule has 28 heavy (non-hydrogen) atoms. The number of para-hydroxylation sites is 1. The van der Waals surface area contributed by atoms with E-state index in [0.29, 0.717) is 17.1 Å². The lowest BCUT2D eigenvalue weighted by molar-refractivity contribution is 0.0964. The van der Waals surface area contributed by atoms with Crippen molar-refractivity contribution in [3.63, 3.8) is 0 Å². The number of halogens is 1. The third-order valence-electron chi connectivity index (χ3n) is 5.37. The van der Waals surface area contributed by atoms with E-state index in [1.165, 1.54) is 0 Å². The van der Waals surface area contributed by atoms with Gasteiger partial charge in [-0.1, -0.05) is 29.8 Å². The molecule has 146 valence electrons. The number of carbonyl (C=O) groups is 1. The number of hydrogen-bond acceptors (Lipinski definition) is 4. The van der Waals surface area contributed by atoms with Crippen LogP contribution in [0.1, 0.15) is 28.8 Å². The van der Waals surface area contributed by atoms with Gasteiger partial charge in [-0.05, 0) is 55.8 Å². The monoisotopic (exact) mass is 397 g/mol. The molecule has 0 aromatic heterocycles. The predicted molar refractivity (Wildman–Crippen MR) is 115 cm³/mol. The Labute approximate surface area is 169 Å². The number of carbonyl (C=O) groups excluding carboxylic acids is 1. The van der Waals surface area contributed by atoms with Crippen molar-refractivity contribution in [3.8, 4) is 0 Å². The molecule has 1 saturated heterocycles. The van der Waals surface area contributed by atoms with Crippen LogP contribution in [0.25, 0.3) is 0 Å². The van der Waals surface area contributed by atoms with Gasteiger partial charge in [0.25, 0.3) is 5.91 Å². The summed E-state index contributed by atoms with van der Waals surface area (Å²) in [5, 5.41) is 14.0. The van der Waals surface area contributed by atoms with Crippen molar-refractivity contribution in [3.05, 3.63) is 58.6 Å². The normalized spacial score (nSPS) is 18.9. The number of aliphatic imine (C=N–C) groups is 1. The van der Waals surface area contributed by atoms with Gasteiger partial charge < -0.3 is 21.3 Å². The summed E-state index contributed by atoms with van der Waals surface area (Å²) in [6, 6.07) is 13.5. The van der Waals surface area contributed by atoms with Gasteiger partial charge in [-0.15, -0.1) is 0 Å². The molecule has 2 aliphatic heterocycles. The molecule has 0 atom stereocenters. The third-order valence-corrected chi connectivity index (χ3v) is 5.61. The molecule has 1 amide bonds. The standard InChI is InChI=1S/C21H24ClN5O/c1-23-19(28)16-6-3-7-17-18(16)27-21(8-10-24-11-9-21)20(26-17)25-13-14-4-2-5-15(22)12-14/h2-7,12,24,27H,8-11,13H2,1H3,(H,23,28)(H,25,26). The van der Waals surface area contributed by atoms with Crippen LogP contribution in [0.5, 0.6) is 0 Å². The summed E-state index contributed by atoms with van der Waals surface area (Å²) < 4.78 is 0. The number of fused-ring (bicyclic) bond motifs is 1. The lowest BCUT2D eigenvalue weighted by atomic mass is 9.84. The molecule has 0 saturated carbocycles. The number of nitrogens with one attached hydrogen (secondary N) is 4. The number of anilines is 2. The fourth-order valence-corrected chi connectivity index (χ4v) is 4.09. The molecule has 2 aromatic rings. The van der Waals surface area contributed by atoms with Crippen LogP contribution in [0.4, 0.5) is 11.4 Å². The maximum absolute atomic E-state index is 12.3. The van der Waals surface area contributed by atoms with Crippen molar-refractivity contribution in [1.82, 2.24) is 10.6 Å². The summed E-state index contributed by atoms with van der Waals surface area (Å²) in [6.07, 6.45) is 1.77. The quantitative estimate of drug-likeness (QED) is 0.641. The molecule has 1 fully saturated rings. The molecule has 7 heteroatoms. The van der Waals surface area contributed by atoms with Gasteiger partial charge in [0, 0.05) is 12.1 Å². The van der Waals surface area contributed by atoms with Gasteiger partial charge in [-0.25, -0.2) is 0 Å². The highest BCUT2D eigenvalue weighted by Gasteiger charge is 2.42. The number of piperidine rings is 1. The van der Waals surface area contributed by atoms with E-state index in [1.807, 2.05) is 42.5 Å². The minimum atomic E-state index is -0.319. The van der Waals surface area contributed by atoms with E-state index in [1.54, 1.807) is 7.05 Å². The Morgan fingerprint density at radius 2 is 2.00 bits per heavy atom. The fourth-order valence-electron chi connectivity index (χ4n) is 3.87. The van der Waals surface area contributed by atoms with Crippen LogP contribution < -0.4 is 21.3 Å². The Kier molecular flexibility index (Phi) is 5.24. The Morgan fingerprint density at radius 1 is 1.21 bits per heavy atom. The number of benzene rings is 2. The van der Waals surface area contributed by atoms with E-state index in [9.17, 15) is 4.79 Å². The summed E-state index contributed by atoms with van der Waals surface area (Å²) >= 11 is 6.11. The predicted octanol–water partition coefficient (Wildman–Crippen LogP) is 3.26. The van der Waals surface area contributed by atoms with E-state index < -0.39 is 0 Å². The second-order valence-corrected chi connectivity index (χ2v) is 7.62. The van der Waals surface area contributed by atoms with Gasteiger partial charge in [0.1, 0.15) is 5.84 Å². The van der Waals surface area contributed by atoms with Gasteiger partial charge in [0.05, 0.1) is 29.0 Å². The number of amides is 1. The zero-order valence-electron chi connectivity index (χ0n) is 15.8. The molecule has 0 unspecified atom stereocenters. The van der Waals surface area contributed by atoms with Crippen LogP contribution in [0.3, 0.4) is 0 Å². The minimum Gasteiger partial charge on any atom is -0.370 e. The molecule has 1 spiro atoms. The van der Waals surface area contributed by atoms with Gasteiger partial charge in [-0.2, -0.15) is 0 Å². The highest BCUT2D eigenvalue weighted by Crippen LogP contribution is 2.38. The molecule has 0 bridgehead atoms. The van der Waals surface area contributed by atoms with Crippen LogP contribution in [0.2, 0.25) is 5.02 Å². The number of hydrogen-bond donors (Lipinski definition) is 4. The Hall–Kier alpha value is -2.57.